The second-order valence-electron chi connectivity index (χ2n) is 6.95. The summed E-state index contributed by atoms with van der Waals surface area (Å²) in [5.41, 5.74) is 2.76. The Morgan fingerprint density at radius 2 is 1.93 bits per heavy atom. The van der Waals surface area contributed by atoms with Crippen LogP contribution in [0.1, 0.15) is 16.7 Å². The van der Waals surface area contributed by atoms with Crippen LogP contribution in [-0.2, 0) is 20.1 Å². The third kappa shape index (κ3) is 3.69. The molecule has 0 spiro atoms. The smallest absolute Gasteiger partial charge is 0.329 e. The van der Waals surface area contributed by atoms with Gasteiger partial charge in [0.25, 0.3) is 5.56 Å². The van der Waals surface area contributed by atoms with Gasteiger partial charge in [0.1, 0.15) is 0 Å². The Bertz CT molecular complexity index is 1320. The Balaban J connectivity index is 1.82. The second-order valence-corrected chi connectivity index (χ2v) is 7.35. The summed E-state index contributed by atoms with van der Waals surface area (Å²) in [7, 11) is 1.59. The number of fused-ring (bicyclic) bond motifs is 1. The van der Waals surface area contributed by atoms with E-state index in [2.05, 4.69) is 21.4 Å². The molecule has 2 aromatic heterocycles. The van der Waals surface area contributed by atoms with Crippen molar-refractivity contribution in [1.82, 2.24) is 19.1 Å². The van der Waals surface area contributed by atoms with Gasteiger partial charge in [-0.05, 0) is 24.1 Å². The van der Waals surface area contributed by atoms with E-state index in [0.29, 0.717) is 35.2 Å². The van der Waals surface area contributed by atoms with Crippen LogP contribution in [0, 0.1) is 6.92 Å². The van der Waals surface area contributed by atoms with Crippen LogP contribution in [0.4, 0.5) is 5.95 Å². The molecule has 2 aromatic carbocycles. The van der Waals surface area contributed by atoms with Gasteiger partial charge in [-0.15, -0.1) is 0 Å². The number of rotatable bonds is 5. The number of aromatic amines is 1. The summed E-state index contributed by atoms with van der Waals surface area (Å²) in [6, 6.07) is 15.6. The van der Waals surface area contributed by atoms with E-state index < -0.39 is 11.2 Å². The zero-order valence-corrected chi connectivity index (χ0v) is 16.8. The van der Waals surface area contributed by atoms with Crippen LogP contribution in [0.5, 0.6) is 0 Å². The number of hydrogen-bond acceptors (Lipinski definition) is 4. The molecule has 4 rings (SSSR count). The zero-order valence-electron chi connectivity index (χ0n) is 16.1. The van der Waals surface area contributed by atoms with Crippen molar-refractivity contribution in [3.63, 3.8) is 0 Å². The van der Waals surface area contributed by atoms with Crippen molar-refractivity contribution < 1.29 is 0 Å². The van der Waals surface area contributed by atoms with Crippen molar-refractivity contribution >= 4 is 28.7 Å². The van der Waals surface area contributed by atoms with Crippen LogP contribution in [-0.4, -0.2) is 19.1 Å². The summed E-state index contributed by atoms with van der Waals surface area (Å²) >= 11 is 6.26. The minimum atomic E-state index is -0.500. The number of halogens is 1. The molecule has 0 amide bonds. The fourth-order valence-electron chi connectivity index (χ4n) is 3.33. The van der Waals surface area contributed by atoms with Crippen LogP contribution in [0.2, 0.25) is 5.02 Å². The molecule has 2 N–H and O–H groups in total. The van der Waals surface area contributed by atoms with Gasteiger partial charge in [0, 0.05) is 18.6 Å². The first-order valence-electron chi connectivity index (χ1n) is 9.16. The highest BCUT2D eigenvalue weighted by Crippen LogP contribution is 2.21. The molecule has 0 atom stereocenters. The van der Waals surface area contributed by atoms with Crippen LogP contribution in [0.25, 0.3) is 11.2 Å². The minimum Gasteiger partial charge on any atom is -0.351 e. The summed E-state index contributed by atoms with van der Waals surface area (Å²) < 4.78 is 3.13. The monoisotopic (exact) mass is 409 g/mol. The Labute approximate surface area is 171 Å². The largest absolute Gasteiger partial charge is 0.351 e. The van der Waals surface area contributed by atoms with Gasteiger partial charge in [-0.2, -0.15) is 4.98 Å². The Morgan fingerprint density at radius 3 is 2.69 bits per heavy atom. The molecule has 2 heterocycles. The predicted octanol–water partition coefficient (Wildman–Crippen LogP) is 3.05. The molecule has 0 aliphatic rings. The molecule has 0 unspecified atom stereocenters. The normalized spacial score (nSPS) is 11.1. The molecule has 0 aliphatic carbocycles. The van der Waals surface area contributed by atoms with E-state index in [0.717, 1.165) is 16.7 Å². The number of H-pyrrole nitrogens is 1. The third-order valence-electron chi connectivity index (χ3n) is 4.83. The highest BCUT2D eigenvalue weighted by molar-refractivity contribution is 6.31. The molecule has 29 heavy (non-hydrogen) atoms. The van der Waals surface area contributed by atoms with Gasteiger partial charge in [0.2, 0.25) is 5.95 Å². The highest BCUT2D eigenvalue weighted by Gasteiger charge is 2.17. The standard InChI is InChI=1S/C21H20ClN5O2/c1-13-6-5-7-14(10-13)12-27-17-18(26(2)21(29)25-19(17)28)24-20(27)23-11-15-8-3-4-9-16(15)22/h3-10H,11-12H2,1-2H3,(H,23,24)(H,25,28,29). The molecular formula is C21H20ClN5O2. The fourth-order valence-corrected chi connectivity index (χ4v) is 3.54. The Morgan fingerprint density at radius 1 is 1.14 bits per heavy atom. The molecule has 7 nitrogen and oxygen atoms in total. The van der Waals surface area contributed by atoms with E-state index in [1.807, 2.05) is 49.4 Å². The second kappa shape index (κ2) is 7.60. The maximum absolute atomic E-state index is 12.6. The van der Waals surface area contributed by atoms with Crippen LogP contribution < -0.4 is 16.6 Å². The lowest BCUT2D eigenvalue weighted by Crippen LogP contribution is -2.29. The van der Waals surface area contributed by atoms with E-state index >= 15 is 0 Å². The zero-order chi connectivity index (χ0) is 20.5. The number of benzene rings is 2. The third-order valence-corrected chi connectivity index (χ3v) is 5.19. The van der Waals surface area contributed by atoms with Crippen molar-refractivity contribution in [2.75, 3.05) is 5.32 Å². The summed E-state index contributed by atoms with van der Waals surface area (Å²) in [4.78, 5) is 31.5. The quantitative estimate of drug-likeness (QED) is 0.530. The number of nitrogens with one attached hydrogen (secondary N) is 2. The molecule has 8 heteroatoms. The molecular weight excluding hydrogens is 390 g/mol. The topological polar surface area (TPSA) is 84.7 Å². The maximum Gasteiger partial charge on any atom is 0.329 e. The highest BCUT2D eigenvalue weighted by atomic mass is 35.5. The van der Waals surface area contributed by atoms with Gasteiger partial charge in [0.05, 0.1) is 6.54 Å². The molecule has 0 saturated heterocycles. The summed E-state index contributed by atoms with van der Waals surface area (Å²) in [5, 5.41) is 3.91. The van der Waals surface area contributed by atoms with Crippen molar-refractivity contribution in [2.45, 2.75) is 20.0 Å². The number of aryl methyl sites for hydroxylation is 2. The Hall–Kier alpha value is -3.32. The van der Waals surface area contributed by atoms with Gasteiger partial charge < -0.3 is 5.32 Å². The first-order valence-corrected chi connectivity index (χ1v) is 9.54. The van der Waals surface area contributed by atoms with Gasteiger partial charge in [-0.1, -0.05) is 59.6 Å². The number of anilines is 1. The number of hydrogen-bond donors (Lipinski definition) is 2. The van der Waals surface area contributed by atoms with Crippen molar-refractivity contribution in [1.29, 1.82) is 0 Å². The lowest BCUT2D eigenvalue weighted by molar-refractivity contribution is 0.805. The van der Waals surface area contributed by atoms with E-state index in [4.69, 9.17) is 11.6 Å². The van der Waals surface area contributed by atoms with Crippen molar-refractivity contribution in [3.8, 4) is 0 Å². The van der Waals surface area contributed by atoms with Crippen LogP contribution in [0.3, 0.4) is 0 Å². The summed E-state index contributed by atoms with van der Waals surface area (Å²) in [6.45, 7) is 2.88. The van der Waals surface area contributed by atoms with E-state index in [-0.39, 0.29) is 0 Å². The van der Waals surface area contributed by atoms with Gasteiger partial charge in [-0.3, -0.25) is 18.9 Å². The molecule has 148 valence electrons. The Kier molecular flexibility index (Phi) is 4.98. The molecule has 0 fully saturated rings. The summed E-state index contributed by atoms with van der Waals surface area (Å²) in [6.07, 6.45) is 0. The lowest BCUT2D eigenvalue weighted by atomic mass is 10.1. The van der Waals surface area contributed by atoms with E-state index in [1.165, 1.54) is 4.57 Å². The number of aromatic nitrogens is 4. The molecule has 0 radical (unpaired) electrons. The predicted molar refractivity (Wildman–Crippen MR) is 115 cm³/mol. The lowest BCUT2D eigenvalue weighted by Gasteiger charge is -2.12. The SMILES string of the molecule is Cc1cccc(Cn2c(NCc3ccccc3Cl)nc3c2c(=O)[nH]c(=O)n3C)c1. The van der Waals surface area contributed by atoms with Crippen LogP contribution >= 0.6 is 11.6 Å². The maximum atomic E-state index is 12.6. The van der Waals surface area contributed by atoms with Gasteiger partial charge in [-0.25, -0.2) is 4.79 Å². The van der Waals surface area contributed by atoms with Gasteiger partial charge >= 0.3 is 5.69 Å². The van der Waals surface area contributed by atoms with Crippen molar-refractivity contribution in [3.05, 3.63) is 91.1 Å². The number of nitrogens with zero attached hydrogens (tertiary/aromatic N) is 3. The average Bonchev–Trinajstić information content (AvgIpc) is 3.04. The van der Waals surface area contributed by atoms with E-state index in [9.17, 15) is 9.59 Å². The molecule has 4 aromatic rings. The molecule has 0 aliphatic heterocycles. The van der Waals surface area contributed by atoms with Gasteiger partial charge in [0.15, 0.2) is 11.2 Å². The minimum absolute atomic E-state index is 0.327. The molecule has 0 saturated carbocycles. The fraction of sp³-hybridized carbons (Fsp3) is 0.190. The molecule has 0 bridgehead atoms. The number of imidazole rings is 1. The van der Waals surface area contributed by atoms with E-state index in [1.54, 1.807) is 11.6 Å². The average molecular weight is 410 g/mol. The summed E-state index contributed by atoms with van der Waals surface area (Å²) in [5.74, 6) is 0.494. The first-order chi connectivity index (χ1) is 13.9. The van der Waals surface area contributed by atoms with Crippen molar-refractivity contribution in [2.24, 2.45) is 7.05 Å². The van der Waals surface area contributed by atoms with Crippen LogP contribution in [0.15, 0.2) is 58.1 Å². The first kappa shape index (κ1) is 19.0.